The van der Waals surface area contributed by atoms with E-state index in [1.807, 2.05) is 10.8 Å². The van der Waals surface area contributed by atoms with Crippen molar-refractivity contribution in [2.45, 2.75) is 19.9 Å². The molecule has 0 aliphatic heterocycles. The molecule has 2 aromatic rings. The summed E-state index contributed by atoms with van der Waals surface area (Å²) in [5.74, 6) is 0.177. The Labute approximate surface area is 115 Å². The number of rotatable bonds is 6. The first kappa shape index (κ1) is 13.7. The number of nitro groups is 1. The molecule has 20 heavy (non-hydrogen) atoms. The summed E-state index contributed by atoms with van der Waals surface area (Å²) in [6, 6.07) is 0. The van der Waals surface area contributed by atoms with E-state index in [2.05, 4.69) is 20.3 Å². The number of imidazole rings is 1. The predicted molar refractivity (Wildman–Crippen MR) is 73.2 cm³/mol. The lowest BCUT2D eigenvalue weighted by molar-refractivity contribution is -0.385. The molecule has 0 unspecified atom stereocenters. The highest BCUT2D eigenvalue weighted by molar-refractivity contribution is 5.60. The van der Waals surface area contributed by atoms with Crippen molar-refractivity contribution in [2.75, 3.05) is 17.6 Å². The second-order valence-electron chi connectivity index (χ2n) is 4.20. The van der Waals surface area contributed by atoms with E-state index in [1.165, 1.54) is 6.92 Å². The van der Waals surface area contributed by atoms with Crippen LogP contribution in [0.4, 0.5) is 17.5 Å². The molecule has 2 heterocycles. The Balaban J connectivity index is 1.99. The average Bonchev–Trinajstić information content (AvgIpc) is 2.86. The maximum atomic E-state index is 11.0. The molecule has 2 rings (SSSR count). The van der Waals surface area contributed by atoms with E-state index in [0.29, 0.717) is 6.54 Å². The van der Waals surface area contributed by atoms with Crippen LogP contribution in [-0.4, -0.2) is 31.0 Å². The van der Waals surface area contributed by atoms with Crippen LogP contribution in [0.25, 0.3) is 0 Å². The van der Waals surface area contributed by atoms with Crippen molar-refractivity contribution in [3.63, 3.8) is 0 Å². The van der Waals surface area contributed by atoms with Crippen LogP contribution in [0.15, 0.2) is 18.7 Å². The molecule has 0 spiro atoms. The van der Waals surface area contributed by atoms with Crippen LogP contribution in [-0.2, 0) is 6.54 Å². The summed E-state index contributed by atoms with van der Waals surface area (Å²) in [6.45, 7) is 2.84. The standard InChI is InChI=1S/C11H15N7O2/c1-8-9(18(19)20)10(16-11(12)15-8)14-3-2-5-17-6-4-13-7-17/h4,6-7H,2-3,5H2,1H3,(H3,12,14,15,16). The number of nitrogens with zero attached hydrogens (tertiary/aromatic N) is 5. The number of hydrogen-bond donors (Lipinski definition) is 2. The number of aromatic nitrogens is 4. The Kier molecular flexibility index (Phi) is 4.08. The van der Waals surface area contributed by atoms with Gasteiger partial charge in [0, 0.05) is 25.5 Å². The van der Waals surface area contributed by atoms with E-state index in [0.717, 1.165) is 13.0 Å². The molecule has 0 bridgehead atoms. The van der Waals surface area contributed by atoms with Crippen LogP contribution in [0.2, 0.25) is 0 Å². The van der Waals surface area contributed by atoms with Crippen molar-refractivity contribution in [1.29, 1.82) is 0 Å². The molecule has 0 aliphatic carbocycles. The highest BCUT2D eigenvalue weighted by Crippen LogP contribution is 2.25. The van der Waals surface area contributed by atoms with Gasteiger partial charge < -0.3 is 15.6 Å². The van der Waals surface area contributed by atoms with Gasteiger partial charge in [-0.25, -0.2) is 9.97 Å². The molecule has 3 N–H and O–H groups in total. The van der Waals surface area contributed by atoms with Gasteiger partial charge in [-0.3, -0.25) is 10.1 Å². The minimum Gasteiger partial charge on any atom is -0.368 e. The highest BCUT2D eigenvalue weighted by Gasteiger charge is 2.20. The van der Waals surface area contributed by atoms with Gasteiger partial charge in [-0.1, -0.05) is 0 Å². The third-order valence-electron chi connectivity index (χ3n) is 2.70. The third-order valence-corrected chi connectivity index (χ3v) is 2.70. The Morgan fingerprint density at radius 1 is 1.50 bits per heavy atom. The molecule has 0 fully saturated rings. The van der Waals surface area contributed by atoms with Crippen LogP contribution in [0.1, 0.15) is 12.1 Å². The summed E-state index contributed by atoms with van der Waals surface area (Å²) in [5.41, 5.74) is 5.63. The van der Waals surface area contributed by atoms with Crippen LogP contribution < -0.4 is 11.1 Å². The van der Waals surface area contributed by atoms with Crippen molar-refractivity contribution in [3.05, 3.63) is 34.5 Å². The number of anilines is 2. The highest BCUT2D eigenvalue weighted by atomic mass is 16.6. The SMILES string of the molecule is Cc1nc(N)nc(NCCCn2ccnc2)c1[N+](=O)[O-]. The smallest absolute Gasteiger partial charge is 0.332 e. The molecule has 0 saturated carbocycles. The lowest BCUT2D eigenvalue weighted by Gasteiger charge is -2.08. The molecular formula is C11H15N7O2. The Hall–Kier alpha value is -2.71. The number of aryl methyl sites for hydroxylation is 2. The van der Waals surface area contributed by atoms with Gasteiger partial charge in [0.05, 0.1) is 11.3 Å². The van der Waals surface area contributed by atoms with Gasteiger partial charge in [0.2, 0.25) is 11.8 Å². The lowest BCUT2D eigenvalue weighted by atomic mass is 10.3. The maximum Gasteiger partial charge on any atom is 0.332 e. The van der Waals surface area contributed by atoms with E-state index >= 15 is 0 Å². The van der Waals surface area contributed by atoms with Crippen LogP contribution in [0.5, 0.6) is 0 Å². The number of hydrogen-bond acceptors (Lipinski definition) is 7. The topological polar surface area (TPSA) is 125 Å². The summed E-state index contributed by atoms with van der Waals surface area (Å²) >= 11 is 0. The van der Waals surface area contributed by atoms with Crippen LogP contribution in [0, 0.1) is 17.0 Å². The first-order valence-corrected chi connectivity index (χ1v) is 6.06. The summed E-state index contributed by atoms with van der Waals surface area (Å²) in [5, 5.41) is 13.9. The van der Waals surface area contributed by atoms with Crippen molar-refractivity contribution >= 4 is 17.5 Å². The largest absolute Gasteiger partial charge is 0.368 e. The Morgan fingerprint density at radius 3 is 2.95 bits per heavy atom. The van der Waals surface area contributed by atoms with Gasteiger partial charge >= 0.3 is 5.69 Å². The van der Waals surface area contributed by atoms with Gasteiger partial charge in [0.1, 0.15) is 5.69 Å². The second-order valence-corrected chi connectivity index (χ2v) is 4.20. The summed E-state index contributed by atoms with van der Waals surface area (Å²) in [6.07, 6.45) is 6.05. The zero-order valence-corrected chi connectivity index (χ0v) is 11.0. The van der Waals surface area contributed by atoms with Gasteiger partial charge in [-0.15, -0.1) is 0 Å². The van der Waals surface area contributed by atoms with E-state index in [-0.39, 0.29) is 23.1 Å². The number of nitrogens with one attached hydrogen (secondary N) is 1. The molecule has 0 atom stereocenters. The molecule has 2 aromatic heterocycles. The fourth-order valence-corrected chi connectivity index (χ4v) is 1.82. The Morgan fingerprint density at radius 2 is 2.30 bits per heavy atom. The molecule has 106 valence electrons. The third kappa shape index (κ3) is 3.19. The van der Waals surface area contributed by atoms with E-state index in [4.69, 9.17) is 5.73 Å². The van der Waals surface area contributed by atoms with E-state index < -0.39 is 4.92 Å². The molecule has 0 saturated heterocycles. The van der Waals surface area contributed by atoms with Crippen molar-refractivity contribution in [2.24, 2.45) is 0 Å². The van der Waals surface area contributed by atoms with Crippen molar-refractivity contribution < 1.29 is 4.92 Å². The zero-order chi connectivity index (χ0) is 14.5. The minimum atomic E-state index is -0.507. The minimum absolute atomic E-state index is 0.0187. The Bertz CT molecular complexity index is 597. The maximum absolute atomic E-state index is 11.0. The normalized spacial score (nSPS) is 10.4. The van der Waals surface area contributed by atoms with Crippen molar-refractivity contribution in [3.8, 4) is 0 Å². The summed E-state index contributed by atoms with van der Waals surface area (Å²) in [7, 11) is 0. The molecule has 9 heteroatoms. The van der Waals surface area contributed by atoms with Gasteiger partial charge in [0.25, 0.3) is 0 Å². The molecular weight excluding hydrogens is 262 g/mol. The number of nitrogen functional groups attached to an aromatic ring is 1. The number of nitrogens with two attached hydrogens (primary N) is 1. The molecule has 0 radical (unpaired) electrons. The van der Waals surface area contributed by atoms with Crippen molar-refractivity contribution in [1.82, 2.24) is 19.5 Å². The monoisotopic (exact) mass is 277 g/mol. The van der Waals surface area contributed by atoms with E-state index in [1.54, 1.807) is 12.5 Å². The molecule has 0 aliphatic rings. The first-order chi connectivity index (χ1) is 9.58. The van der Waals surface area contributed by atoms with Crippen LogP contribution >= 0.6 is 0 Å². The molecule has 0 aromatic carbocycles. The van der Waals surface area contributed by atoms with Gasteiger partial charge in [-0.2, -0.15) is 4.98 Å². The van der Waals surface area contributed by atoms with E-state index in [9.17, 15) is 10.1 Å². The van der Waals surface area contributed by atoms with Gasteiger partial charge in [0.15, 0.2) is 0 Å². The summed E-state index contributed by atoms with van der Waals surface area (Å²) < 4.78 is 1.93. The average molecular weight is 277 g/mol. The predicted octanol–water partition coefficient (Wildman–Crippen LogP) is 0.974. The second kappa shape index (κ2) is 5.95. The van der Waals surface area contributed by atoms with Gasteiger partial charge in [-0.05, 0) is 13.3 Å². The van der Waals surface area contributed by atoms with Crippen LogP contribution in [0.3, 0.4) is 0 Å². The first-order valence-electron chi connectivity index (χ1n) is 6.06. The zero-order valence-electron chi connectivity index (χ0n) is 11.0. The summed E-state index contributed by atoms with van der Waals surface area (Å²) in [4.78, 5) is 22.1. The fraction of sp³-hybridized carbons (Fsp3) is 0.364. The lowest BCUT2D eigenvalue weighted by Crippen LogP contribution is -2.12. The fourth-order valence-electron chi connectivity index (χ4n) is 1.82. The molecule has 0 amide bonds. The molecule has 9 nitrogen and oxygen atoms in total. The quantitative estimate of drug-likeness (QED) is 0.458.